The van der Waals surface area contributed by atoms with Gasteiger partial charge in [-0.05, 0) is 18.2 Å². The Labute approximate surface area is 96.5 Å². The molecule has 0 unspecified atom stereocenters. The standard InChI is InChI=1S/C9H5F5O4/c10-8(11)17-5-2-1-4(7(15)16)3-6(5)18-9(12,13)14/h1-3,8H,(H,15,16). The molecule has 4 nitrogen and oxygen atoms in total. The molecular weight excluding hydrogens is 267 g/mol. The fraction of sp³-hybridized carbons (Fsp3) is 0.222. The lowest BCUT2D eigenvalue weighted by atomic mass is 10.2. The first-order valence-corrected chi connectivity index (χ1v) is 4.27. The first-order valence-electron chi connectivity index (χ1n) is 4.27. The third-order valence-corrected chi connectivity index (χ3v) is 1.63. The van der Waals surface area contributed by atoms with E-state index >= 15 is 0 Å². The summed E-state index contributed by atoms with van der Waals surface area (Å²) in [6.45, 7) is -3.36. The van der Waals surface area contributed by atoms with Crippen molar-refractivity contribution >= 4 is 5.97 Å². The summed E-state index contributed by atoms with van der Waals surface area (Å²) in [5, 5.41) is 8.55. The molecule has 9 heteroatoms. The number of benzene rings is 1. The molecule has 100 valence electrons. The van der Waals surface area contributed by atoms with Gasteiger partial charge in [0.15, 0.2) is 11.5 Å². The van der Waals surface area contributed by atoms with E-state index in [2.05, 4.69) is 9.47 Å². The van der Waals surface area contributed by atoms with E-state index in [0.29, 0.717) is 12.1 Å². The highest BCUT2D eigenvalue weighted by Gasteiger charge is 2.33. The first-order chi connectivity index (χ1) is 8.19. The fourth-order valence-electron chi connectivity index (χ4n) is 1.04. The van der Waals surface area contributed by atoms with Crippen molar-refractivity contribution in [2.24, 2.45) is 0 Å². The summed E-state index contributed by atoms with van der Waals surface area (Å²) in [7, 11) is 0. The molecule has 0 aromatic heterocycles. The number of hydrogen-bond acceptors (Lipinski definition) is 3. The minimum atomic E-state index is -5.16. The van der Waals surface area contributed by atoms with Gasteiger partial charge in [-0.3, -0.25) is 0 Å². The van der Waals surface area contributed by atoms with Crippen molar-refractivity contribution in [3.63, 3.8) is 0 Å². The molecule has 1 aromatic rings. The van der Waals surface area contributed by atoms with E-state index in [1.54, 1.807) is 0 Å². The Morgan fingerprint density at radius 3 is 2.28 bits per heavy atom. The third kappa shape index (κ3) is 4.07. The van der Waals surface area contributed by atoms with Crippen LogP contribution in [0.4, 0.5) is 22.0 Å². The van der Waals surface area contributed by atoms with E-state index in [1.165, 1.54) is 0 Å². The summed E-state index contributed by atoms with van der Waals surface area (Å²) in [6, 6.07) is 1.90. The van der Waals surface area contributed by atoms with Crippen LogP contribution in [0, 0.1) is 0 Å². The predicted molar refractivity (Wildman–Crippen MR) is 46.7 cm³/mol. The minimum Gasteiger partial charge on any atom is -0.478 e. The molecule has 1 aromatic carbocycles. The molecule has 0 aliphatic carbocycles. The second-order valence-corrected chi connectivity index (χ2v) is 2.89. The van der Waals surface area contributed by atoms with Crippen LogP contribution in [0.25, 0.3) is 0 Å². The van der Waals surface area contributed by atoms with Crippen LogP contribution in [0.3, 0.4) is 0 Å². The summed E-state index contributed by atoms with van der Waals surface area (Å²) in [6.07, 6.45) is -5.16. The highest BCUT2D eigenvalue weighted by molar-refractivity contribution is 5.88. The number of carboxylic acid groups (broad SMARTS) is 1. The zero-order chi connectivity index (χ0) is 13.9. The van der Waals surface area contributed by atoms with Crippen LogP contribution in [-0.2, 0) is 0 Å². The Bertz CT molecular complexity index is 443. The molecule has 0 saturated heterocycles. The molecule has 0 radical (unpaired) electrons. The van der Waals surface area contributed by atoms with Crippen LogP contribution >= 0.6 is 0 Å². The normalized spacial score (nSPS) is 11.4. The molecule has 1 rings (SSSR count). The molecule has 0 saturated carbocycles. The maximum Gasteiger partial charge on any atom is 0.573 e. The van der Waals surface area contributed by atoms with Crippen LogP contribution in [-0.4, -0.2) is 24.0 Å². The highest BCUT2D eigenvalue weighted by atomic mass is 19.4. The summed E-state index contributed by atoms with van der Waals surface area (Å²) in [5.74, 6) is -3.60. The molecule has 0 heterocycles. The summed E-state index contributed by atoms with van der Waals surface area (Å²) in [4.78, 5) is 10.5. The largest absolute Gasteiger partial charge is 0.573 e. The van der Waals surface area contributed by atoms with E-state index in [9.17, 15) is 26.7 Å². The van der Waals surface area contributed by atoms with Gasteiger partial charge in [-0.25, -0.2) is 4.79 Å². The van der Waals surface area contributed by atoms with Gasteiger partial charge in [0.1, 0.15) is 0 Å². The van der Waals surface area contributed by atoms with E-state index in [-0.39, 0.29) is 0 Å². The third-order valence-electron chi connectivity index (χ3n) is 1.63. The molecule has 0 fully saturated rings. The average molecular weight is 272 g/mol. The van der Waals surface area contributed by atoms with Crippen LogP contribution in [0.1, 0.15) is 10.4 Å². The van der Waals surface area contributed by atoms with Gasteiger partial charge in [0.2, 0.25) is 0 Å². The Kier molecular flexibility index (Phi) is 3.94. The van der Waals surface area contributed by atoms with E-state index in [1.807, 2.05) is 0 Å². The van der Waals surface area contributed by atoms with Crippen LogP contribution in [0.2, 0.25) is 0 Å². The molecule has 0 amide bonds. The summed E-state index contributed by atoms with van der Waals surface area (Å²) in [5.41, 5.74) is -0.559. The number of carboxylic acids is 1. The van der Waals surface area contributed by atoms with E-state index < -0.39 is 36.0 Å². The number of alkyl halides is 5. The molecular formula is C9H5F5O4. The van der Waals surface area contributed by atoms with Gasteiger partial charge in [0.05, 0.1) is 5.56 Å². The fourth-order valence-corrected chi connectivity index (χ4v) is 1.04. The number of rotatable bonds is 4. The van der Waals surface area contributed by atoms with Gasteiger partial charge in [0, 0.05) is 0 Å². The van der Waals surface area contributed by atoms with Crippen LogP contribution in [0.15, 0.2) is 18.2 Å². The Balaban J connectivity index is 3.13. The van der Waals surface area contributed by atoms with E-state index in [4.69, 9.17) is 5.11 Å². The lowest BCUT2D eigenvalue weighted by Gasteiger charge is -2.14. The monoisotopic (exact) mass is 272 g/mol. The molecule has 0 aliphatic rings. The Hall–Kier alpha value is -2.06. The van der Waals surface area contributed by atoms with Crippen LogP contribution in [0.5, 0.6) is 11.5 Å². The molecule has 1 N–H and O–H groups in total. The molecule has 18 heavy (non-hydrogen) atoms. The molecule has 0 aliphatic heterocycles. The lowest BCUT2D eigenvalue weighted by Crippen LogP contribution is -2.18. The van der Waals surface area contributed by atoms with E-state index in [0.717, 1.165) is 6.07 Å². The summed E-state index contributed by atoms with van der Waals surface area (Å²) >= 11 is 0. The number of aromatic carboxylic acids is 1. The van der Waals surface area contributed by atoms with Crippen molar-refractivity contribution in [3.8, 4) is 11.5 Å². The van der Waals surface area contributed by atoms with Crippen molar-refractivity contribution in [2.75, 3.05) is 0 Å². The zero-order valence-electron chi connectivity index (χ0n) is 8.37. The smallest absolute Gasteiger partial charge is 0.478 e. The second-order valence-electron chi connectivity index (χ2n) is 2.89. The maximum absolute atomic E-state index is 12.0. The predicted octanol–water partition coefficient (Wildman–Crippen LogP) is 2.88. The van der Waals surface area contributed by atoms with Crippen molar-refractivity contribution in [3.05, 3.63) is 23.8 Å². The number of halogens is 5. The van der Waals surface area contributed by atoms with Gasteiger partial charge in [-0.15, -0.1) is 13.2 Å². The number of ether oxygens (including phenoxy) is 2. The molecule has 0 bridgehead atoms. The topological polar surface area (TPSA) is 55.8 Å². The van der Waals surface area contributed by atoms with Crippen molar-refractivity contribution in [2.45, 2.75) is 13.0 Å². The average Bonchev–Trinajstić information content (AvgIpc) is 2.17. The molecule has 0 atom stereocenters. The lowest BCUT2D eigenvalue weighted by molar-refractivity contribution is -0.275. The Morgan fingerprint density at radius 2 is 1.83 bits per heavy atom. The second kappa shape index (κ2) is 5.07. The quantitative estimate of drug-likeness (QED) is 0.856. The van der Waals surface area contributed by atoms with Gasteiger partial charge < -0.3 is 14.6 Å². The van der Waals surface area contributed by atoms with Gasteiger partial charge >= 0.3 is 18.9 Å². The number of hydrogen-bond donors (Lipinski definition) is 1. The Morgan fingerprint density at radius 1 is 1.22 bits per heavy atom. The van der Waals surface area contributed by atoms with Crippen molar-refractivity contribution in [1.29, 1.82) is 0 Å². The summed E-state index contributed by atoms with van der Waals surface area (Å²) < 4.78 is 66.9. The molecule has 0 spiro atoms. The number of carbonyl (C=O) groups is 1. The van der Waals surface area contributed by atoms with Crippen LogP contribution < -0.4 is 9.47 Å². The van der Waals surface area contributed by atoms with Crippen molar-refractivity contribution < 1.29 is 41.3 Å². The van der Waals surface area contributed by atoms with Crippen molar-refractivity contribution in [1.82, 2.24) is 0 Å². The first kappa shape index (κ1) is 14.0. The highest BCUT2D eigenvalue weighted by Crippen LogP contribution is 2.34. The van der Waals surface area contributed by atoms with Gasteiger partial charge in [-0.2, -0.15) is 8.78 Å². The van der Waals surface area contributed by atoms with Gasteiger partial charge in [-0.1, -0.05) is 0 Å². The maximum atomic E-state index is 12.0. The van der Waals surface area contributed by atoms with Gasteiger partial charge in [0.25, 0.3) is 0 Å². The SMILES string of the molecule is O=C(O)c1ccc(OC(F)F)c(OC(F)(F)F)c1. The minimum absolute atomic E-state index is 0.438. The zero-order valence-corrected chi connectivity index (χ0v) is 8.37.